The molecular formula is C19H20ClN3S. The second-order valence-electron chi connectivity index (χ2n) is 6.04. The average Bonchev–Trinajstić information content (AvgIpc) is 2.79. The second kappa shape index (κ2) is 6.79. The van der Waals surface area contributed by atoms with Crippen LogP contribution in [0.15, 0.2) is 57.2 Å². The summed E-state index contributed by atoms with van der Waals surface area (Å²) in [6, 6.07) is 14.5. The van der Waals surface area contributed by atoms with Gasteiger partial charge in [0.25, 0.3) is 0 Å². The van der Waals surface area contributed by atoms with Gasteiger partial charge < -0.3 is 9.80 Å². The number of fused-ring (bicyclic) bond motifs is 2. The van der Waals surface area contributed by atoms with E-state index in [9.17, 15) is 0 Å². The Labute approximate surface area is 152 Å². The number of nitrogens with zero attached hydrogens (tertiary/aromatic N) is 3. The molecule has 0 atom stereocenters. The number of aliphatic imine (C=N–C) groups is 1. The lowest BCUT2D eigenvalue weighted by molar-refractivity contribution is 0.190. The molecule has 5 heteroatoms. The van der Waals surface area contributed by atoms with Crippen LogP contribution in [-0.2, 0) is 0 Å². The maximum absolute atomic E-state index is 6.60. The van der Waals surface area contributed by atoms with E-state index in [1.165, 1.54) is 9.79 Å². The number of hydrogen-bond donors (Lipinski definition) is 0. The standard InChI is InChI=1S/C19H20ClN3S/c1-2-22-10-12-23(13-11-22)19-18-14(20)6-5-9-17(18)24-16-8-4-3-7-15(16)21-19/h3-9H,2,10-13H2,1H3. The lowest BCUT2D eigenvalue weighted by atomic mass is 10.1. The highest BCUT2D eigenvalue weighted by molar-refractivity contribution is 7.99. The van der Waals surface area contributed by atoms with Gasteiger partial charge in [-0.2, -0.15) is 0 Å². The Kier molecular flexibility index (Phi) is 4.53. The van der Waals surface area contributed by atoms with Gasteiger partial charge in [-0.3, -0.25) is 0 Å². The zero-order valence-electron chi connectivity index (χ0n) is 13.7. The molecule has 3 nitrogen and oxygen atoms in total. The Morgan fingerprint density at radius 1 is 1.00 bits per heavy atom. The van der Waals surface area contributed by atoms with Crippen molar-refractivity contribution in [3.8, 4) is 0 Å². The van der Waals surface area contributed by atoms with Crippen molar-refractivity contribution in [3.05, 3.63) is 53.1 Å². The maximum atomic E-state index is 6.60. The molecule has 0 saturated carbocycles. The minimum absolute atomic E-state index is 0.782. The molecular weight excluding hydrogens is 338 g/mol. The molecule has 0 amide bonds. The molecule has 0 bridgehead atoms. The molecule has 0 aromatic heterocycles. The molecule has 2 aromatic rings. The first kappa shape index (κ1) is 16.0. The number of rotatable bonds is 1. The highest BCUT2D eigenvalue weighted by Crippen LogP contribution is 2.42. The van der Waals surface area contributed by atoms with Crippen LogP contribution in [-0.4, -0.2) is 48.4 Å². The van der Waals surface area contributed by atoms with Crippen LogP contribution in [0.4, 0.5) is 5.69 Å². The third kappa shape index (κ3) is 2.94. The molecule has 1 fully saturated rings. The summed E-state index contributed by atoms with van der Waals surface area (Å²) in [6.45, 7) is 7.46. The van der Waals surface area contributed by atoms with E-state index in [-0.39, 0.29) is 0 Å². The van der Waals surface area contributed by atoms with Crippen molar-refractivity contribution in [1.82, 2.24) is 9.80 Å². The molecule has 4 rings (SSSR count). The Balaban J connectivity index is 1.80. The number of likely N-dealkylation sites (N-methyl/N-ethyl adjacent to an activating group) is 1. The molecule has 1 saturated heterocycles. The van der Waals surface area contributed by atoms with Gasteiger partial charge in [0.2, 0.25) is 0 Å². The fourth-order valence-electron chi connectivity index (χ4n) is 3.24. The summed E-state index contributed by atoms with van der Waals surface area (Å²) in [5, 5.41) is 0.782. The zero-order chi connectivity index (χ0) is 16.5. The van der Waals surface area contributed by atoms with Gasteiger partial charge in [-0.05, 0) is 30.8 Å². The third-order valence-corrected chi connectivity index (χ3v) is 6.07. The third-order valence-electron chi connectivity index (χ3n) is 4.63. The van der Waals surface area contributed by atoms with Crippen molar-refractivity contribution in [2.24, 2.45) is 4.99 Å². The van der Waals surface area contributed by atoms with E-state index in [4.69, 9.17) is 16.6 Å². The summed E-state index contributed by atoms with van der Waals surface area (Å²) in [5.74, 6) is 1.02. The summed E-state index contributed by atoms with van der Waals surface area (Å²) in [7, 11) is 0. The van der Waals surface area contributed by atoms with Crippen molar-refractivity contribution in [2.45, 2.75) is 16.7 Å². The summed E-state index contributed by atoms with van der Waals surface area (Å²) < 4.78 is 0. The van der Waals surface area contributed by atoms with Crippen molar-refractivity contribution < 1.29 is 0 Å². The molecule has 0 radical (unpaired) electrons. The van der Waals surface area contributed by atoms with E-state index >= 15 is 0 Å². The molecule has 2 aliphatic heterocycles. The minimum Gasteiger partial charge on any atom is -0.353 e. The van der Waals surface area contributed by atoms with E-state index in [0.29, 0.717) is 0 Å². The van der Waals surface area contributed by atoms with Crippen LogP contribution in [0.25, 0.3) is 0 Å². The molecule has 124 valence electrons. The first-order valence-corrected chi connectivity index (χ1v) is 9.57. The number of benzene rings is 2. The van der Waals surface area contributed by atoms with Gasteiger partial charge in [0, 0.05) is 41.5 Å². The Bertz CT molecular complexity index is 782. The molecule has 2 heterocycles. The number of amidine groups is 1. The van der Waals surface area contributed by atoms with Crippen LogP contribution >= 0.6 is 23.4 Å². The first-order valence-electron chi connectivity index (χ1n) is 8.38. The molecule has 0 N–H and O–H groups in total. The number of hydrogen-bond acceptors (Lipinski definition) is 4. The topological polar surface area (TPSA) is 18.8 Å². The van der Waals surface area contributed by atoms with Gasteiger partial charge in [0.05, 0.1) is 10.7 Å². The molecule has 0 spiro atoms. The first-order chi connectivity index (χ1) is 11.8. The molecule has 0 aliphatic carbocycles. The van der Waals surface area contributed by atoms with Crippen molar-refractivity contribution in [3.63, 3.8) is 0 Å². The quantitative estimate of drug-likeness (QED) is 0.747. The zero-order valence-corrected chi connectivity index (χ0v) is 15.3. The van der Waals surface area contributed by atoms with E-state index < -0.39 is 0 Å². The lowest BCUT2D eigenvalue weighted by Crippen LogP contribution is -2.48. The smallest absolute Gasteiger partial charge is 0.139 e. The van der Waals surface area contributed by atoms with Crippen LogP contribution in [0.5, 0.6) is 0 Å². The second-order valence-corrected chi connectivity index (χ2v) is 7.53. The van der Waals surface area contributed by atoms with Crippen LogP contribution in [0.1, 0.15) is 12.5 Å². The predicted molar refractivity (Wildman–Crippen MR) is 102 cm³/mol. The normalized spacial score (nSPS) is 17.8. The molecule has 2 aliphatic rings. The minimum atomic E-state index is 0.782. The Hall–Kier alpha value is -1.49. The van der Waals surface area contributed by atoms with Crippen molar-refractivity contribution in [1.29, 1.82) is 0 Å². The number of para-hydroxylation sites is 1. The van der Waals surface area contributed by atoms with Gasteiger partial charge in [-0.1, -0.05) is 48.5 Å². The predicted octanol–water partition coefficient (Wildman–Crippen LogP) is 4.52. The maximum Gasteiger partial charge on any atom is 0.139 e. The van der Waals surface area contributed by atoms with Gasteiger partial charge in [0.15, 0.2) is 0 Å². The van der Waals surface area contributed by atoms with E-state index in [2.05, 4.69) is 41.0 Å². The fourth-order valence-corrected chi connectivity index (χ4v) is 4.60. The Morgan fingerprint density at radius 3 is 2.54 bits per heavy atom. The summed E-state index contributed by atoms with van der Waals surface area (Å²) in [4.78, 5) is 12.3. The highest BCUT2D eigenvalue weighted by Gasteiger charge is 2.26. The van der Waals surface area contributed by atoms with E-state index in [1.807, 2.05) is 18.2 Å². The van der Waals surface area contributed by atoms with Gasteiger partial charge in [-0.25, -0.2) is 4.99 Å². The fraction of sp³-hybridized carbons (Fsp3) is 0.316. The van der Waals surface area contributed by atoms with Gasteiger partial charge in [-0.15, -0.1) is 0 Å². The monoisotopic (exact) mass is 357 g/mol. The Morgan fingerprint density at radius 2 is 1.75 bits per heavy atom. The van der Waals surface area contributed by atoms with E-state index in [0.717, 1.165) is 54.8 Å². The lowest BCUT2D eigenvalue weighted by Gasteiger charge is -2.36. The van der Waals surface area contributed by atoms with Crippen molar-refractivity contribution >= 4 is 34.9 Å². The highest BCUT2D eigenvalue weighted by atomic mass is 35.5. The molecule has 2 aromatic carbocycles. The number of piperazine rings is 1. The van der Waals surface area contributed by atoms with Crippen molar-refractivity contribution in [2.75, 3.05) is 32.7 Å². The summed E-state index contributed by atoms with van der Waals surface area (Å²) in [6.07, 6.45) is 0. The molecule has 0 unspecified atom stereocenters. The molecule has 24 heavy (non-hydrogen) atoms. The van der Waals surface area contributed by atoms with Crippen LogP contribution in [0.3, 0.4) is 0 Å². The summed E-state index contributed by atoms with van der Waals surface area (Å²) >= 11 is 8.35. The SMILES string of the molecule is CCN1CCN(C2=Nc3ccccc3Sc3cccc(Cl)c32)CC1. The van der Waals surface area contributed by atoms with Gasteiger partial charge in [0.1, 0.15) is 5.84 Å². The summed E-state index contributed by atoms with van der Waals surface area (Å²) in [5.41, 5.74) is 2.10. The van der Waals surface area contributed by atoms with E-state index in [1.54, 1.807) is 11.8 Å². The van der Waals surface area contributed by atoms with Crippen LogP contribution < -0.4 is 0 Å². The van der Waals surface area contributed by atoms with Crippen LogP contribution in [0.2, 0.25) is 5.02 Å². The van der Waals surface area contributed by atoms with Gasteiger partial charge >= 0.3 is 0 Å². The van der Waals surface area contributed by atoms with Crippen LogP contribution in [0, 0.1) is 0 Å². The average molecular weight is 358 g/mol. The number of halogens is 1. The largest absolute Gasteiger partial charge is 0.353 e.